The highest BCUT2D eigenvalue weighted by Crippen LogP contribution is 2.17. The van der Waals surface area contributed by atoms with E-state index in [-0.39, 0.29) is 12.0 Å². The predicted octanol–water partition coefficient (Wildman–Crippen LogP) is 1.49. The third-order valence-corrected chi connectivity index (χ3v) is 3.62. The standard InChI is InChI=1S/C16H21N3O3/c1-3-8-17-16(21)19-11-9-18(10-12-19)14-6-4-13(5-7-14)15(20)22-2/h3-7H,1,8-12H2,2H3,(H,17,21). The van der Waals surface area contributed by atoms with Crippen LogP contribution in [0.4, 0.5) is 10.5 Å². The normalized spacial score (nSPS) is 14.4. The summed E-state index contributed by atoms with van der Waals surface area (Å²) in [6, 6.07) is 7.26. The van der Waals surface area contributed by atoms with Crippen molar-refractivity contribution in [3.63, 3.8) is 0 Å². The fourth-order valence-electron chi connectivity index (χ4n) is 2.37. The summed E-state index contributed by atoms with van der Waals surface area (Å²) >= 11 is 0. The van der Waals surface area contributed by atoms with Gasteiger partial charge in [-0.1, -0.05) is 6.08 Å². The van der Waals surface area contributed by atoms with Gasteiger partial charge >= 0.3 is 12.0 Å². The average molecular weight is 303 g/mol. The summed E-state index contributed by atoms with van der Waals surface area (Å²) in [4.78, 5) is 27.2. The molecule has 2 amide bonds. The van der Waals surface area contributed by atoms with Gasteiger partial charge in [0.1, 0.15) is 0 Å². The fourth-order valence-corrected chi connectivity index (χ4v) is 2.37. The molecule has 0 atom stereocenters. The van der Waals surface area contributed by atoms with Gasteiger partial charge in [0, 0.05) is 38.4 Å². The molecule has 0 bridgehead atoms. The molecule has 6 heteroatoms. The fraction of sp³-hybridized carbons (Fsp3) is 0.375. The Kier molecular flexibility index (Phi) is 5.41. The van der Waals surface area contributed by atoms with E-state index in [9.17, 15) is 9.59 Å². The molecule has 0 unspecified atom stereocenters. The van der Waals surface area contributed by atoms with Gasteiger partial charge in [-0.15, -0.1) is 6.58 Å². The van der Waals surface area contributed by atoms with Gasteiger partial charge in [0.05, 0.1) is 12.7 Å². The van der Waals surface area contributed by atoms with Crippen LogP contribution in [0.1, 0.15) is 10.4 Å². The molecule has 1 N–H and O–H groups in total. The number of nitrogens with zero attached hydrogens (tertiary/aromatic N) is 2. The van der Waals surface area contributed by atoms with E-state index in [2.05, 4.69) is 21.5 Å². The smallest absolute Gasteiger partial charge is 0.337 e. The van der Waals surface area contributed by atoms with Crippen LogP contribution in [-0.2, 0) is 4.74 Å². The molecule has 2 rings (SSSR count). The first-order valence-electron chi connectivity index (χ1n) is 7.22. The van der Waals surface area contributed by atoms with Crippen molar-refractivity contribution in [1.29, 1.82) is 0 Å². The third-order valence-electron chi connectivity index (χ3n) is 3.62. The minimum absolute atomic E-state index is 0.0550. The number of carbonyl (C=O) groups is 2. The van der Waals surface area contributed by atoms with Crippen LogP contribution in [-0.4, -0.2) is 56.7 Å². The van der Waals surface area contributed by atoms with Gasteiger partial charge in [-0.3, -0.25) is 0 Å². The topological polar surface area (TPSA) is 61.9 Å². The van der Waals surface area contributed by atoms with E-state index in [0.29, 0.717) is 25.2 Å². The first-order valence-corrected chi connectivity index (χ1v) is 7.22. The van der Waals surface area contributed by atoms with Crippen molar-refractivity contribution < 1.29 is 14.3 Å². The lowest BCUT2D eigenvalue weighted by atomic mass is 10.2. The molecule has 1 aliphatic heterocycles. The lowest BCUT2D eigenvalue weighted by Gasteiger charge is -2.36. The second-order valence-electron chi connectivity index (χ2n) is 4.99. The molecular formula is C16H21N3O3. The van der Waals surface area contributed by atoms with Gasteiger partial charge in [0.25, 0.3) is 0 Å². The third kappa shape index (κ3) is 3.78. The van der Waals surface area contributed by atoms with E-state index in [1.54, 1.807) is 23.1 Å². The molecule has 0 saturated carbocycles. The second kappa shape index (κ2) is 7.49. The maximum Gasteiger partial charge on any atom is 0.337 e. The van der Waals surface area contributed by atoms with Crippen LogP contribution in [0.5, 0.6) is 0 Å². The van der Waals surface area contributed by atoms with Gasteiger partial charge in [-0.2, -0.15) is 0 Å². The number of nitrogens with one attached hydrogen (secondary N) is 1. The van der Waals surface area contributed by atoms with E-state index in [1.807, 2.05) is 12.1 Å². The molecule has 0 aliphatic carbocycles. The number of hydrogen-bond donors (Lipinski definition) is 1. The van der Waals surface area contributed by atoms with E-state index in [4.69, 9.17) is 0 Å². The van der Waals surface area contributed by atoms with Crippen molar-refractivity contribution in [2.24, 2.45) is 0 Å². The molecule has 1 aromatic carbocycles. The summed E-state index contributed by atoms with van der Waals surface area (Å²) in [5, 5.41) is 2.78. The Morgan fingerprint density at radius 2 is 1.86 bits per heavy atom. The molecule has 0 radical (unpaired) electrons. The summed E-state index contributed by atoms with van der Waals surface area (Å²) in [5.41, 5.74) is 1.58. The Balaban J connectivity index is 1.90. The molecule has 1 heterocycles. The molecule has 1 saturated heterocycles. The number of amides is 2. The van der Waals surface area contributed by atoms with Crippen LogP contribution in [0.2, 0.25) is 0 Å². The first-order chi connectivity index (χ1) is 10.7. The maximum atomic E-state index is 11.8. The highest BCUT2D eigenvalue weighted by Gasteiger charge is 2.20. The van der Waals surface area contributed by atoms with E-state index >= 15 is 0 Å². The average Bonchev–Trinajstić information content (AvgIpc) is 2.59. The Morgan fingerprint density at radius 3 is 2.41 bits per heavy atom. The number of hydrogen-bond acceptors (Lipinski definition) is 4. The van der Waals surface area contributed by atoms with Gasteiger partial charge in [0.2, 0.25) is 0 Å². The second-order valence-corrected chi connectivity index (χ2v) is 4.99. The summed E-state index contributed by atoms with van der Waals surface area (Å²) in [6.45, 7) is 6.92. The summed E-state index contributed by atoms with van der Waals surface area (Å²) < 4.78 is 4.68. The highest BCUT2D eigenvalue weighted by atomic mass is 16.5. The Hall–Kier alpha value is -2.50. The van der Waals surface area contributed by atoms with Gasteiger partial charge in [-0.05, 0) is 24.3 Å². The molecule has 22 heavy (non-hydrogen) atoms. The predicted molar refractivity (Wildman–Crippen MR) is 85.2 cm³/mol. The van der Waals surface area contributed by atoms with Crippen molar-refractivity contribution >= 4 is 17.7 Å². The number of urea groups is 1. The van der Waals surface area contributed by atoms with Crippen LogP contribution in [0.25, 0.3) is 0 Å². The molecule has 1 aromatic rings. The Morgan fingerprint density at radius 1 is 1.23 bits per heavy atom. The molecular weight excluding hydrogens is 282 g/mol. The lowest BCUT2D eigenvalue weighted by Crippen LogP contribution is -2.51. The maximum absolute atomic E-state index is 11.8. The van der Waals surface area contributed by atoms with Crippen molar-refractivity contribution in [3.8, 4) is 0 Å². The van der Waals surface area contributed by atoms with Crippen LogP contribution in [0, 0.1) is 0 Å². The minimum atomic E-state index is -0.338. The molecule has 0 spiro atoms. The summed E-state index contributed by atoms with van der Waals surface area (Å²) in [6.07, 6.45) is 1.66. The monoisotopic (exact) mass is 303 g/mol. The number of esters is 1. The Labute approximate surface area is 130 Å². The lowest BCUT2D eigenvalue weighted by molar-refractivity contribution is 0.0600. The summed E-state index contributed by atoms with van der Waals surface area (Å²) in [5.74, 6) is -0.338. The van der Waals surface area contributed by atoms with E-state index in [1.165, 1.54) is 7.11 Å². The number of methoxy groups -OCH3 is 1. The highest BCUT2D eigenvalue weighted by molar-refractivity contribution is 5.89. The zero-order valence-electron chi connectivity index (χ0n) is 12.7. The zero-order valence-corrected chi connectivity index (χ0v) is 12.7. The number of anilines is 1. The van der Waals surface area contributed by atoms with E-state index < -0.39 is 0 Å². The number of ether oxygens (including phenoxy) is 1. The van der Waals surface area contributed by atoms with E-state index in [0.717, 1.165) is 18.8 Å². The van der Waals surface area contributed by atoms with Crippen LogP contribution < -0.4 is 10.2 Å². The van der Waals surface area contributed by atoms with Gasteiger partial charge in [-0.25, -0.2) is 9.59 Å². The first kappa shape index (κ1) is 15.9. The Bertz CT molecular complexity index is 534. The van der Waals surface area contributed by atoms with Crippen LogP contribution in [0.3, 0.4) is 0 Å². The SMILES string of the molecule is C=CCNC(=O)N1CCN(c2ccc(C(=O)OC)cc2)CC1. The molecule has 1 fully saturated rings. The van der Waals surface area contributed by atoms with Crippen molar-refractivity contribution in [2.75, 3.05) is 44.7 Å². The van der Waals surface area contributed by atoms with Crippen LogP contribution in [0.15, 0.2) is 36.9 Å². The molecule has 6 nitrogen and oxygen atoms in total. The zero-order chi connectivity index (χ0) is 15.9. The molecule has 118 valence electrons. The van der Waals surface area contributed by atoms with Crippen LogP contribution >= 0.6 is 0 Å². The number of piperazine rings is 1. The number of carbonyl (C=O) groups excluding carboxylic acids is 2. The molecule has 0 aromatic heterocycles. The largest absolute Gasteiger partial charge is 0.465 e. The van der Waals surface area contributed by atoms with Crippen molar-refractivity contribution in [3.05, 3.63) is 42.5 Å². The quantitative estimate of drug-likeness (QED) is 0.676. The minimum Gasteiger partial charge on any atom is -0.465 e. The number of rotatable bonds is 4. The van der Waals surface area contributed by atoms with Gasteiger partial charge in [0.15, 0.2) is 0 Å². The van der Waals surface area contributed by atoms with Crippen molar-refractivity contribution in [1.82, 2.24) is 10.2 Å². The van der Waals surface area contributed by atoms with Crippen molar-refractivity contribution in [2.45, 2.75) is 0 Å². The summed E-state index contributed by atoms with van der Waals surface area (Å²) in [7, 11) is 1.37. The van der Waals surface area contributed by atoms with Gasteiger partial charge < -0.3 is 19.9 Å². The number of benzene rings is 1. The molecule has 1 aliphatic rings.